The number of halogens is 1. The molecule has 0 heterocycles. The van der Waals surface area contributed by atoms with Crippen molar-refractivity contribution in [2.75, 3.05) is 13.7 Å². The maximum atomic E-state index is 12.8. The van der Waals surface area contributed by atoms with E-state index in [4.69, 9.17) is 4.74 Å². The minimum absolute atomic E-state index is 0.117. The van der Waals surface area contributed by atoms with Gasteiger partial charge in [0.25, 0.3) is 0 Å². The lowest BCUT2D eigenvalue weighted by Crippen LogP contribution is -2.07. The lowest BCUT2D eigenvalue weighted by atomic mass is 10.0. The predicted octanol–water partition coefficient (Wildman–Crippen LogP) is 2.28. The van der Waals surface area contributed by atoms with Gasteiger partial charge in [-0.1, -0.05) is 6.07 Å². The summed E-state index contributed by atoms with van der Waals surface area (Å²) in [5.41, 5.74) is 1.71. The van der Waals surface area contributed by atoms with Gasteiger partial charge in [0.2, 0.25) is 0 Å². The molecule has 1 rings (SSSR count). The number of hydrogen-bond acceptors (Lipinski definition) is 2. The Kier molecular flexibility index (Phi) is 4.43. The summed E-state index contributed by atoms with van der Waals surface area (Å²) in [6.45, 7) is 2.25. The summed E-state index contributed by atoms with van der Waals surface area (Å²) in [5, 5.41) is 0. The van der Waals surface area contributed by atoms with Gasteiger partial charge in [0.15, 0.2) is 0 Å². The average molecular weight is 210 g/mol. The maximum absolute atomic E-state index is 12.8. The Morgan fingerprint density at radius 1 is 1.47 bits per heavy atom. The van der Waals surface area contributed by atoms with Gasteiger partial charge in [0.05, 0.1) is 6.61 Å². The quantitative estimate of drug-likeness (QED) is 0.745. The van der Waals surface area contributed by atoms with Gasteiger partial charge in [-0.25, -0.2) is 4.39 Å². The first-order chi connectivity index (χ1) is 7.13. The summed E-state index contributed by atoms with van der Waals surface area (Å²) >= 11 is 0. The fourth-order valence-corrected chi connectivity index (χ4v) is 1.37. The molecule has 0 atom stereocenters. The fraction of sp³-hybridized carbons (Fsp3) is 0.417. The number of rotatable bonds is 5. The summed E-state index contributed by atoms with van der Waals surface area (Å²) in [4.78, 5) is 11.4. The van der Waals surface area contributed by atoms with Crippen LogP contribution in [0.1, 0.15) is 17.5 Å². The number of methoxy groups -OCH3 is 1. The predicted molar refractivity (Wildman–Crippen MR) is 56.3 cm³/mol. The molecule has 0 amide bonds. The van der Waals surface area contributed by atoms with E-state index in [0.29, 0.717) is 19.4 Å². The van der Waals surface area contributed by atoms with Crippen molar-refractivity contribution in [3.63, 3.8) is 0 Å². The number of aryl methyl sites for hydroxylation is 1. The largest absolute Gasteiger partial charge is 0.384 e. The number of hydrogen-bond donors (Lipinski definition) is 0. The molecule has 0 saturated carbocycles. The molecular formula is C12H15FO2. The van der Waals surface area contributed by atoms with Gasteiger partial charge in [-0.15, -0.1) is 0 Å². The van der Waals surface area contributed by atoms with Gasteiger partial charge >= 0.3 is 0 Å². The van der Waals surface area contributed by atoms with E-state index in [1.165, 1.54) is 12.1 Å². The van der Waals surface area contributed by atoms with Crippen molar-refractivity contribution < 1.29 is 13.9 Å². The van der Waals surface area contributed by atoms with E-state index in [1.54, 1.807) is 13.2 Å². The molecule has 0 radical (unpaired) electrons. The highest BCUT2D eigenvalue weighted by molar-refractivity contribution is 5.81. The zero-order valence-electron chi connectivity index (χ0n) is 9.05. The van der Waals surface area contributed by atoms with Gasteiger partial charge in [-0.05, 0) is 30.2 Å². The Bertz CT molecular complexity index is 347. The van der Waals surface area contributed by atoms with Crippen LogP contribution in [0.15, 0.2) is 18.2 Å². The molecule has 0 aromatic heterocycles. The summed E-state index contributed by atoms with van der Waals surface area (Å²) in [6, 6.07) is 4.49. The first-order valence-electron chi connectivity index (χ1n) is 4.89. The SMILES string of the molecule is COCCC(=O)Cc1ccc(F)cc1C. The van der Waals surface area contributed by atoms with E-state index in [1.807, 2.05) is 6.92 Å². The van der Waals surface area contributed by atoms with Crippen LogP contribution in [0.4, 0.5) is 4.39 Å². The number of carbonyl (C=O) groups excluding carboxylic acids is 1. The fourth-order valence-electron chi connectivity index (χ4n) is 1.37. The van der Waals surface area contributed by atoms with Crippen molar-refractivity contribution in [2.45, 2.75) is 19.8 Å². The molecule has 1 aromatic carbocycles. The van der Waals surface area contributed by atoms with Crippen molar-refractivity contribution in [1.82, 2.24) is 0 Å². The van der Waals surface area contributed by atoms with Crippen molar-refractivity contribution in [2.24, 2.45) is 0 Å². The topological polar surface area (TPSA) is 26.3 Å². The Morgan fingerprint density at radius 2 is 2.20 bits per heavy atom. The van der Waals surface area contributed by atoms with E-state index in [-0.39, 0.29) is 11.6 Å². The molecule has 15 heavy (non-hydrogen) atoms. The number of benzene rings is 1. The van der Waals surface area contributed by atoms with E-state index in [2.05, 4.69) is 0 Å². The number of Topliss-reactive ketones (excluding diaryl/α,β-unsaturated/α-hetero) is 1. The molecule has 0 N–H and O–H groups in total. The smallest absolute Gasteiger partial charge is 0.139 e. The van der Waals surface area contributed by atoms with E-state index in [9.17, 15) is 9.18 Å². The highest BCUT2D eigenvalue weighted by Gasteiger charge is 2.06. The number of ether oxygens (including phenoxy) is 1. The van der Waals surface area contributed by atoms with Gasteiger partial charge in [-0.2, -0.15) is 0 Å². The highest BCUT2D eigenvalue weighted by Crippen LogP contribution is 2.11. The van der Waals surface area contributed by atoms with Gasteiger partial charge in [-0.3, -0.25) is 4.79 Å². The van der Waals surface area contributed by atoms with Gasteiger partial charge < -0.3 is 4.74 Å². The zero-order chi connectivity index (χ0) is 11.3. The average Bonchev–Trinajstić information content (AvgIpc) is 2.19. The van der Waals surface area contributed by atoms with E-state index >= 15 is 0 Å². The van der Waals surface area contributed by atoms with Crippen LogP contribution >= 0.6 is 0 Å². The minimum Gasteiger partial charge on any atom is -0.384 e. The number of carbonyl (C=O) groups is 1. The molecule has 0 aliphatic heterocycles. The molecule has 2 nitrogen and oxygen atoms in total. The second kappa shape index (κ2) is 5.61. The maximum Gasteiger partial charge on any atom is 0.139 e. The van der Waals surface area contributed by atoms with Gasteiger partial charge in [0.1, 0.15) is 11.6 Å². The van der Waals surface area contributed by atoms with Crippen LogP contribution in [-0.4, -0.2) is 19.5 Å². The zero-order valence-corrected chi connectivity index (χ0v) is 9.05. The summed E-state index contributed by atoms with van der Waals surface area (Å²) in [7, 11) is 1.57. The van der Waals surface area contributed by atoms with Crippen molar-refractivity contribution in [3.05, 3.63) is 35.1 Å². The molecule has 0 aliphatic carbocycles. The highest BCUT2D eigenvalue weighted by atomic mass is 19.1. The van der Waals surface area contributed by atoms with Crippen LogP contribution in [0.25, 0.3) is 0 Å². The summed E-state index contributed by atoms with van der Waals surface area (Å²) < 4.78 is 17.6. The van der Waals surface area contributed by atoms with E-state index < -0.39 is 0 Å². The number of ketones is 1. The van der Waals surface area contributed by atoms with Crippen molar-refractivity contribution in [1.29, 1.82) is 0 Å². The van der Waals surface area contributed by atoms with Crippen LogP contribution in [0, 0.1) is 12.7 Å². The van der Waals surface area contributed by atoms with Crippen LogP contribution in [0.3, 0.4) is 0 Å². The lowest BCUT2D eigenvalue weighted by Gasteiger charge is -2.04. The molecule has 0 fully saturated rings. The first kappa shape index (κ1) is 11.9. The molecule has 0 bridgehead atoms. The molecule has 0 unspecified atom stereocenters. The Morgan fingerprint density at radius 3 is 2.80 bits per heavy atom. The van der Waals surface area contributed by atoms with Crippen LogP contribution in [0.2, 0.25) is 0 Å². The molecule has 0 saturated heterocycles. The minimum atomic E-state index is -0.263. The first-order valence-corrected chi connectivity index (χ1v) is 4.89. The third kappa shape index (κ3) is 3.80. The summed E-state index contributed by atoms with van der Waals surface area (Å²) in [6.07, 6.45) is 0.767. The Labute approximate surface area is 89.1 Å². The molecule has 1 aromatic rings. The van der Waals surface area contributed by atoms with Crippen molar-refractivity contribution in [3.8, 4) is 0 Å². The van der Waals surface area contributed by atoms with Crippen molar-refractivity contribution >= 4 is 5.78 Å². The monoisotopic (exact) mass is 210 g/mol. The van der Waals surface area contributed by atoms with Crippen LogP contribution < -0.4 is 0 Å². The molecule has 82 valence electrons. The Balaban J connectivity index is 2.60. The molecule has 0 aliphatic rings. The second-order valence-electron chi connectivity index (χ2n) is 3.53. The molecule has 3 heteroatoms. The van der Waals surface area contributed by atoms with Crippen LogP contribution in [-0.2, 0) is 16.0 Å². The second-order valence-corrected chi connectivity index (χ2v) is 3.53. The Hall–Kier alpha value is -1.22. The molecule has 0 spiro atoms. The summed E-state index contributed by atoms with van der Waals surface area (Å²) in [5.74, 6) is -0.146. The third-order valence-electron chi connectivity index (χ3n) is 2.28. The third-order valence-corrected chi connectivity index (χ3v) is 2.28. The van der Waals surface area contributed by atoms with Gasteiger partial charge in [0, 0.05) is 20.0 Å². The van der Waals surface area contributed by atoms with E-state index in [0.717, 1.165) is 11.1 Å². The molecular weight excluding hydrogens is 195 g/mol. The standard InChI is InChI=1S/C12H15FO2/c1-9-7-11(13)4-3-10(9)8-12(14)5-6-15-2/h3-4,7H,5-6,8H2,1-2H3. The van der Waals surface area contributed by atoms with Crippen LogP contribution in [0.5, 0.6) is 0 Å². The lowest BCUT2D eigenvalue weighted by molar-refractivity contribution is -0.119. The normalized spacial score (nSPS) is 10.3.